The van der Waals surface area contributed by atoms with Crippen molar-refractivity contribution in [2.24, 2.45) is 23.7 Å². The van der Waals surface area contributed by atoms with Gasteiger partial charge < -0.3 is 4.74 Å². The summed E-state index contributed by atoms with van der Waals surface area (Å²) < 4.78 is 5.30. The van der Waals surface area contributed by atoms with Crippen molar-refractivity contribution in [2.75, 3.05) is 18.6 Å². The number of halogens is 2. The van der Waals surface area contributed by atoms with Crippen LogP contribution < -0.4 is 0 Å². The van der Waals surface area contributed by atoms with Crippen molar-refractivity contribution < 1.29 is 23.9 Å². The van der Waals surface area contributed by atoms with Gasteiger partial charge in [0.15, 0.2) is 12.4 Å². The number of likely N-dealkylation sites (tertiary alicyclic amines) is 1. The first-order chi connectivity index (χ1) is 14.9. The molecule has 0 radical (unpaired) electrons. The predicted molar refractivity (Wildman–Crippen MR) is 124 cm³/mol. The maximum atomic E-state index is 13.3. The van der Waals surface area contributed by atoms with Crippen LogP contribution in [0.3, 0.4) is 0 Å². The van der Waals surface area contributed by atoms with E-state index in [1.807, 2.05) is 6.26 Å². The lowest BCUT2D eigenvalue weighted by atomic mass is 9.81. The largest absolute Gasteiger partial charge is 0.456 e. The molecule has 2 bridgehead atoms. The molecule has 2 amide bonds. The minimum atomic E-state index is -0.997. The number of hydrogen-bond donors (Lipinski definition) is 0. The van der Waals surface area contributed by atoms with E-state index in [0.29, 0.717) is 17.7 Å². The second-order valence-electron chi connectivity index (χ2n) is 8.24. The van der Waals surface area contributed by atoms with E-state index in [-0.39, 0.29) is 50.9 Å². The standard InChI is InChI=1S/C22H23Br2NO5S/c1-31-8-7-14(22(29)30-10-15(26)11-5-3-2-4-6-11)25-20(27)16-12-9-13(17(16)21(25)28)19(24)18(12)23/h2-6,12-14,16-19H,7-10H2,1H3/t12-,13-,14-,16-,17-,18+,19+/m1/s1. The number of amides is 2. The van der Waals surface area contributed by atoms with E-state index in [1.165, 1.54) is 11.8 Å². The molecule has 6 nitrogen and oxygen atoms in total. The Morgan fingerprint density at radius 3 is 2.23 bits per heavy atom. The molecule has 1 aliphatic heterocycles. The Kier molecular flexibility index (Phi) is 6.93. The van der Waals surface area contributed by atoms with Gasteiger partial charge in [-0.2, -0.15) is 11.8 Å². The molecular weight excluding hydrogens is 550 g/mol. The minimum Gasteiger partial charge on any atom is -0.456 e. The average molecular weight is 573 g/mol. The molecule has 166 valence electrons. The molecule has 0 aromatic heterocycles. The van der Waals surface area contributed by atoms with Crippen LogP contribution >= 0.6 is 43.6 Å². The minimum absolute atomic E-state index is 0.0812. The fourth-order valence-electron chi connectivity index (χ4n) is 5.20. The van der Waals surface area contributed by atoms with Gasteiger partial charge in [0.25, 0.3) is 0 Å². The van der Waals surface area contributed by atoms with Gasteiger partial charge in [-0.15, -0.1) is 0 Å². The molecule has 1 heterocycles. The SMILES string of the molecule is CSCC[C@H](C(=O)OCC(=O)c1ccccc1)N1C(=O)[C@@H]2[C@H]3C[C@@H]([C@H](Br)[C@H]3Br)[C@H]2C1=O. The number of ketones is 1. The summed E-state index contributed by atoms with van der Waals surface area (Å²) in [6, 6.07) is 7.57. The smallest absolute Gasteiger partial charge is 0.329 e. The molecule has 3 aliphatic rings. The number of imide groups is 1. The Labute approximate surface area is 202 Å². The number of alkyl halides is 2. The van der Waals surface area contributed by atoms with Crippen LogP contribution in [0.4, 0.5) is 0 Å². The lowest BCUT2D eigenvalue weighted by Gasteiger charge is -2.28. The van der Waals surface area contributed by atoms with Crippen LogP contribution in [0.1, 0.15) is 23.2 Å². The lowest BCUT2D eigenvalue weighted by Crippen LogP contribution is -2.47. The van der Waals surface area contributed by atoms with E-state index in [2.05, 4.69) is 31.9 Å². The number of Topliss-reactive ketones (excluding diaryl/α,β-unsaturated/α-hetero) is 1. The van der Waals surface area contributed by atoms with Crippen molar-refractivity contribution in [3.8, 4) is 0 Å². The van der Waals surface area contributed by atoms with Crippen LogP contribution in [0.25, 0.3) is 0 Å². The van der Waals surface area contributed by atoms with Crippen LogP contribution in [-0.2, 0) is 19.1 Å². The third-order valence-electron chi connectivity index (χ3n) is 6.64. The number of nitrogens with zero attached hydrogens (tertiary/aromatic N) is 1. The molecule has 1 saturated heterocycles. The van der Waals surface area contributed by atoms with Crippen LogP contribution in [0.5, 0.6) is 0 Å². The first kappa shape index (κ1) is 23.0. The Bertz CT molecular complexity index is 865. The fraction of sp³-hybridized carbons (Fsp3) is 0.545. The fourth-order valence-corrected chi connectivity index (χ4v) is 7.53. The molecular formula is C22H23Br2NO5S. The number of carbonyl (C=O) groups excluding carboxylic acids is 4. The van der Waals surface area contributed by atoms with Crippen LogP contribution in [0.2, 0.25) is 0 Å². The molecule has 9 heteroatoms. The molecule has 3 fully saturated rings. The van der Waals surface area contributed by atoms with Crippen LogP contribution in [0, 0.1) is 23.7 Å². The second kappa shape index (κ2) is 9.35. The molecule has 0 N–H and O–H groups in total. The van der Waals surface area contributed by atoms with E-state index in [1.54, 1.807) is 30.3 Å². The van der Waals surface area contributed by atoms with Crippen molar-refractivity contribution in [3.05, 3.63) is 35.9 Å². The maximum Gasteiger partial charge on any atom is 0.329 e. The zero-order valence-electron chi connectivity index (χ0n) is 16.9. The van der Waals surface area contributed by atoms with Gasteiger partial charge >= 0.3 is 5.97 Å². The summed E-state index contributed by atoms with van der Waals surface area (Å²) in [4.78, 5) is 53.3. The van der Waals surface area contributed by atoms with Crippen LogP contribution in [0.15, 0.2) is 30.3 Å². The number of hydrogen-bond acceptors (Lipinski definition) is 6. The molecule has 31 heavy (non-hydrogen) atoms. The third-order valence-corrected chi connectivity index (χ3v) is 10.5. The highest BCUT2D eigenvalue weighted by Gasteiger charge is 2.67. The van der Waals surface area contributed by atoms with Gasteiger partial charge in [-0.25, -0.2) is 4.79 Å². The van der Waals surface area contributed by atoms with E-state index in [9.17, 15) is 19.2 Å². The quantitative estimate of drug-likeness (QED) is 0.206. The summed E-state index contributed by atoms with van der Waals surface area (Å²) in [5.74, 6) is -1.58. The number of rotatable bonds is 8. The molecule has 1 aromatic carbocycles. The van der Waals surface area contributed by atoms with Gasteiger partial charge in [0, 0.05) is 15.2 Å². The molecule has 0 unspecified atom stereocenters. The number of thioether (sulfide) groups is 1. The Balaban J connectivity index is 1.50. The van der Waals surface area contributed by atoms with E-state index in [0.717, 1.165) is 11.3 Å². The number of benzene rings is 1. The summed E-state index contributed by atoms with van der Waals surface area (Å²) >= 11 is 8.87. The van der Waals surface area contributed by atoms with E-state index >= 15 is 0 Å². The summed E-state index contributed by atoms with van der Waals surface area (Å²) in [5, 5.41) is 0. The zero-order chi connectivity index (χ0) is 22.3. The van der Waals surface area contributed by atoms with Gasteiger partial charge in [0.1, 0.15) is 6.04 Å². The third kappa shape index (κ3) is 4.02. The van der Waals surface area contributed by atoms with Crippen molar-refractivity contribution >= 4 is 67.2 Å². The summed E-state index contributed by atoms with van der Waals surface area (Å²) in [7, 11) is 0. The summed E-state index contributed by atoms with van der Waals surface area (Å²) in [6.07, 6.45) is 3.04. The summed E-state index contributed by atoms with van der Waals surface area (Å²) in [5.41, 5.74) is 0.446. The van der Waals surface area contributed by atoms with Crippen LogP contribution in [-0.4, -0.2) is 62.8 Å². The Morgan fingerprint density at radius 2 is 1.68 bits per heavy atom. The van der Waals surface area contributed by atoms with Crippen molar-refractivity contribution in [2.45, 2.75) is 28.5 Å². The highest BCUT2D eigenvalue weighted by atomic mass is 79.9. The topological polar surface area (TPSA) is 80.8 Å². The first-order valence-corrected chi connectivity index (χ1v) is 13.5. The molecule has 0 spiro atoms. The first-order valence-electron chi connectivity index (χ1n) is 10.3. The second-order valence-corrected chi connectivity index (χ2v) is 11.3. The number of esters is 1. The molecule has 7 atom stereocenters. The Hall–Kier alpha value is -1.19. The van der Waals surface area contributed by atoms with Crippen molar-refractivity contribution in [1.82, 2.24) is 4.90 Å². The van der Waals surface area contributed by atoms with Gasteiger partial charge in [0.2, 0.25) is 11.8 Å². The monoisotopic (exact) mass is 571 g/mol. The van der Waals surface area contributed by atoms with Gasteiger partial charge in [0.05, 0.1) is 11.8 Å². The Morgan fingerprint density at radius 1 is 1.10 bits per heavy atom. The zero-order valence-corrected chi connectivity index (χ0v) is 20.9. The number of ether oxygens (including phenoxy) is 1. The highest BCUT2D eigenvalue weighted by Crippen LogP contribution is 2.60. The molecule has 1 aromatic rings. The van der Waals surface area contributed by atoms with E-state index < -0.39 is 18.6 Å². The van der Waals surface area contributed by atoms with E-state index in [4.69, 9.17) is 4.74 Å². The lowest BCUT2D eigenvalue weighted by molar-refractivity contribution is -0.158. The van der Waals surface area contributed by atoms with Gasteiger partial charge in [-0.3, -0.25) is 19.3 Å². The van der Waals surface area contributed by atoms with Crippen molar-refractivity contribution in [1.29, 1.82) is 0 Å². The average Bonchev–Trinajstić information content (AvgIpc) is 3.38. The molecule has 2 saturated carbocycles. The normalized spacial score (nSPS) is 32.3. The molecule has 2 aliphatic carbocycles. The highest BCUT2D eigenvalue weighted by molar-refractivity contribution is 9.12. The number of carbonyl (C=O) groups is 4. The molecule has 4 rings (SSSR count). The van der Waals surface area contributed by atoms with Gasteiger partial charge in [-0.05, 0) is 36.7 Å². The number of fused-ring (bicyclic) bond motifs is 5. The van der Waals surface area contributed by atoms with Crippen molar-refractivity contribution in [3.63, 3.8) is 0 Å². The van der Waals surface area contributed by atoms with Gasteiger partial charge in [-0.1, -0.05) is 62.2 Å². The summed E-state index contributed by atoms with van der Waals surface area (Å²) in [6.45, 7) is -0.417. The maximum absolute atomic E-state index is 13.3. The predicted octanol–water partition coefficient (Wildman–Crippen LogP) is 3.31.